The van der Waals surface area contributed by atoms with E-state index in [1.54, 1.807) is 10.7 Å². The third-order valence-corrected chi connectivity index (χ3v) is 4.71. The van der Waals surface area contributed by atoms with Crippen LogP contribution < -0.4 is 5.32 Å². The number of fused-ring (bicyclic) bond motifs is 1. The van der Waals surface area contributed by atoms with Gasteiger partial charge in [0, 0.05) is 0 Å². The summed E-state index contributed by atoms with van der Waals surface area (Å²) >= 11 is 0. The number of nitrogens with zero attached hydrogens (tertiary/aromatic N) is 3. The van der Waals surface area contributed by atoms with Crippen LogP contribution in [0.3, 0.4) is 0 Å². The summed E-state index contributed by atoms with van der Waals surface area (Å²) in [4.78, 5) is 4.22. The number of hydrogen-bond acceptors (Lipinski definition) is 3. The molecular weight excluding hydrogens is 341 g/mol. The van der Waals surface area contributed by atoms with Gasteiger partial charge >= 0.3 is 6.18 Å². The summed E-state index contributed by atoms with van der Waals surface area (Å²) in [6.45, 7) is 2.01. The van der Waals surface area contributed by atoms with E-state index in [0.717, 1.165) is 17.2 Å². The van der Waals surface area contributed by atoms with Gasteiger partial charge in [0.05, 0.1) is 17.6 Å². The van der Waals surface area contributed by atoms with Gasteiger partial charge in [0.2, 0.25) is 5.95 Å². The Morgan fingerprint density at radius 1 is 1.08 bits per heavy atom. The van der Waals surface area contributed by atoms with Crippen LogP contribution in [0.15, 0.2) is 54.9 Å². The van der Waals surface area contributed by atoms with Crippen molar-refractivity contribution in [3.63, 3.8) is 0 Å². The molecule has 134 valence electrons. The fraction of sp³-hybridized carbons (Fsp3) is 0.263. The predicted octanol–water partition coefficient (Wildman–Crippen LogP) is 4.75. The molecule has 2 atom stereocenters. The van der Waals surface area contributed by atoms with Gasteiger partial charge in [0.1, 0.15) is 6.33 Å². The zero-order valence-corrected chi connectivity index (χ0v) is 14.0. The van der Waals surface area contributed by atoms with Crippen molar-refractivity contribution in [2.45, 2.75) is 31.6 Å². The summed E-state index contributed by atoms with van der Waals surface area (Å²) in [6, 6.07) is 13.2. The number of nitrogens with one attached hydrogen (secondary N) is 1. The molecule has 7 heteroatoms. The fourth-order valence-corrected chi connectivity index (χ4v) is 3.34. The van der Waals surface area contributed by atoms with E-state index in [2.05, 4.69) is 15.4 Å². The Morgan fingerprint density at radius 3 is 2.58 bits per heavy atom. The van der Waals surface area contributed by atoms with Gasteiger partial charge in [-0.05, 0) is 36.6 Å². The molecule has 26 heavy (non-hydrogen) atoms. The molecule has 0 radical (unpaired) electrons. The van der Waals surface area contributed by atoms with Gasteiger partial charge in [0.15, 0.2) is 0 Å². The maximum atomic E-state index is 13.1. The van der Waals surface area contributed by atoms with E-state index in [9.17, 15) is 13.2 Å². The largest absolute Gasteiger partial charge is 0.416 e. The van der Waals surface area contributed by atoms with Gasteiger partial charge in [-0.15, -0.1) is 0 Å². The summed E-state index contributed by atoms with van der Waals surface area (Å²) in [5.41, 5.74) is 2.15. The first kappa shape index (κ1) is 16.6. The van der Waals surface area contributed by atoms with Gasteiger partial charge in [-0.2, -0.15) is 23.3 Å². The van der Waals surface area contributed by atoms with E-state index < -0.39 is 11.7 Å². The number of alkyl halides is 3. The zero-order valence-electron chi connectivity index (χ0n) is 14.0. The molecule has 2 aromatic carbocycles. The molecule has 0 saturated carbocycles. The van der Waals surface area contributed by atoms with Crippen molar-refractivity contribution in [3.05, 3.63) is 77.1 Å². The van der Waals surface area contributed by atoms with Crippen molar-refractivity contribution in [1.29, 1.82) is 0 Å². The topological polar surface area (TPSA) is 42.7 Å². The summed E-state index contributed by atoms with van der Waals surface area (Å²) < 4.78 is 41.0. The van der Waals surface area contributed by atoms with E-state index >= 15 is 0 Å². The van der Waals surface area contributed by atoms with Crippen LogP contribution in [0.25, 0.3) is 0 Å². The van der Waals surface area contributed by atoms with Crippen LogP contribution in [0.5, 0.6) is 0 Å². The summed E-state index contributed by atoms with van der Waals surface area (Å²) in [5, 5.41) is 7.53. The van der Waals surface area contributed by atoms with Crippen LogP contribution in [0, 0.1) is 6.92 Å². The molecule has 4 nitrogen and oxygen atoms in total. The van der Waals surface area contributed by atoms with Crippen LogP contribution in [-0.4, -0.2) is 14.8 Å². The standard InChI is InChI=1S/C19H17F3N4/c1-12-5-7-13(8-6-12)16-10-17(26-18(25-16)23-11-24-26)14-3-2-4-15(9-14)19(20,21)22/h2-9,11,16-17H,10H2,1H3,(H,23,24,25)/t16-,17+/m1/s1. The summed E-state index contributed by atoms with van der Waals surface area (Å²) in [5.74, 6) is 0.559. The summed E-state index contributed by atoms with van der Waals surface area (Å²) in [7, 11) is 0. The molecule has 0 unspecified atom stereocenters. The van der Waals surface area contributed by atoms with Crippen molar-refractivity contribution in [2.24, 2.45) is 0 Å². The predicted molar refractivity (Wildman–Crippen MR) is 91.8 cm³/mol. The Labute approximate surface area is 148 Å². The number of hydrogen-bond donors (Lipinski definition) is 1. The Kier molecular flexibility index (Phi) is 3.94. The maximum absolute atomic E-state index is 13.1. The normalized spacial score (nSPS) is 19.7. The van der Waals surface area contributed by atoms with Gasteiger partial charge < -0.3 is 5.32 Å². The van der Waals surface area contributed by atoms with Crippen LogP contribution >= 0.6 is 0 Å². The molecule has 2 heterocycles. The van der Waals surface area contributed by atoms with Crippen LogP contribution in [0.2, 0.25) is 0 Å². The summed E-state index contributed by atoms with van der Waals surface area (Å²) in [6.07, 6.45) is -2.37. The highest BCUT2D eigenvalue weighted by molar-refractivity contribution is 5.39. The lowest BCUT2D eigenvalue weighted by Gasteiger charge is -2.32. The average Bonchev–Trinajstić information content (AvgIpc) is 3.09. The van der Waals surface area contributed by atoms with Crippen molar-refractivity contribution in [2.75, 3.05) is 5.32 Å². The highest BCUT2D eigenvalue weighted by atomic mass is 19.4. The lowest BCUT2D eigenvalue weighted by Crippen LogP contribution is -2.28. The molecule has 0 bridgehead atoms. The first-order chi connectivity index (χ1) is 12.4. The molecule has 0 fully saturated rings. The van der Waals surface area contributed by atoms with Crippen molar-refractivity contribution in [1.82, 2.24) is 14.8 Å². The molecule has 1 aromatic heterocycles. The monoisotopic (exact) mass is 358 g/mol. The molecule has 0 spiro atoms. The molecule has 1 N–H and O–H groups in total. The van der Waals surface area contributed by atoms with Gasteiger partial charge in [-0.25, -0.2) is 4.68 Å². The number of benzene rings is 2. The highest BCUT2D eigenvalue weighted by Gasteiger charge is 2.34. The molecule has 0 aliphatic carbocycles. The maximum Gasteiger partial charge on any atom is 0.416 e. The second-order valence-electron chi connectivity index (χ2n) is 6.51. The molecular formula is C19H17F3N4. The van der Waals surface area contributed by atoms with E-state index in [0.29, 0.717) is 17.9 Å². The Balaban J connectivity index is 1.73. The number of rotatable bonds is 2. The smallest absolute Gasteiger partial charge is 0.348 e. The first-order valence-electron chi connectivity index (χ1n) is 8.31. The van der Waals surface area contributed by atoms with Gasteiger partial charge in [-0.3, -0.25) is 0 Å². The molecule has 0 saturated heterocycles. The highest BCUT2D eigenvalue weighted by Crippen LogP contribution is 2.39. The SMILES string of the molecule is Cc1ccc([C@H]2C[C@@H](c3cccc(C(F)(F)F)c3)n3ncnc3N2)cc1. The number of aromatic nitrogens is 3. The number of anilines is 1. The molecule has 3 aromatic rings. The molecule has 1 aliphatic heterocycles. The lowest BCUT2D eigenvalue weighted by atomic mass is 9.92. The average molecular weight is 358 g/mol. The lowest BCUT2D eigenvalue weighted by molar-refractivity contribution is -0.137. The third kappa shape index (κ3) is 3.05. The van der Waals surface area contributed by atoms with Crippen molar-refractivity contribution in [3.8, 4) is 0 Å². The van der Waals surface area contributed by atoms with Crippen LogP contribution in [-0.2, 0) is 6.18 Å². The van der Waals surface area contributed by atoms with Crippen molar-refractivity contribution < 1.29 is 13.2 Å². The fourth-order valence-electron chi connectivity index (χ4n) is 3.34. The first-order valence-corrected chi connectivity index (χ1v) is 8.31. The minimum atomic E-state index is -4.37. The Hall–Kier alpha value is -2.83. The van der Waals surface area contributed by atoms with Crippen LogP contribution in [0.1, 0.15) is 40.8 Å². The van der Waals surface area contributed by atoms with Gasteiger partial charge in [0.25, 0.3) is 0 Å². The minimum Gasteiger partial charge on any atom is -0.348 e. The third-order valence-electron chi connectivity index (χ3n) is 4.71. The Bertz CT molecular complexity index is 915. The second-order valence-corrected chi connectivity index (χ2v) is 6.51. The van der Waals surface area contributed by atoms with Crippen molar-refractivity contribution >= 4 is 5.95 Å². The van der Waals surface area contributed by atoms with E-state index in [4.69, 9.17) is 0 Å². The van der Waals surface area contributed by atoms with E-state index in [1.807, 2.05) is 31.2 Å². The van der Waals surface area contributed by atoms with Crippen LogP contribution in [0.4, 0.5) is 19.1 Å². The zero-order chi connectivity index (χ0) is 18.3. The minimum absolute atomic E-state index is 0.0492. The second kappa shape index (κ2) is 6.16. The molecule has 4 rings (SSSR count). The molecule has 1 aliphatic rings. The van der Waals surface area contributed by atoms with Gasteiger partial charge in [-0.1, -0.05) is 42.0 Å². The molecule has 0 amide bonds. The Morgan fingerprint density at radius 2 is 1.85 bits per heavy atom. The van der Waals surface area contributed by atoms with E-state index in [1.165, 1.54) is 18.5 Å². The van der Waals surface area contributed by atoms with E-state index in [-0.39, 0.29) is 12.1 Å². The number of halogens is 3. The number of aryl methyl sites for hydroxylation is 1. The quantitative estimate of drug-likeness (QED) is 0.719.